The molecule has 5 unspecified atom stereocenters. The number of rotatable bonds is 5. The average molecular weight is 402 g/mol. The second-order valence-corrected chi connectivity index (χ2v) is 7.55. The van der Waals surface area contributed by atoms with Gasteiger partial charge in [-0.3, -0.25) is 4.90 Å². The van der Waals surface area contributed by atoms with Crippen molar-refractivity contribution in [3.8, 4) is 5.75 Å². The number of benzene rings is 1. The molecule has 0 spiro atoms. The third-order valence-corrected chi connectivity index (χ3v) is 5.64. The van der Waals surface area contributed by atoms with Crippen molar-refractivity contribution in [1.29, 1.82) is 0 Å². The van der Waals surface area contributed by atoms with Crippen LogP contribution in [0.3, 0.4) is 0 Å². The van der Waals surface area contributed by atoms with E-state index in [1.165, 1.54) is 18.6 Å². The van der Waals surface area contributed by atoms with E-state index in [-0.39, 0.29) is 23.9 Å². The lowest BCUT2D eigenvalue weighted by atomic mass is 9.93. The highest BCUT2D eigenvalue weighted by Gasteiger charge is 2.51. The standard InChI is InChI=1S/C19H25F3N2O4/c20-19(21,22)28-13-6-4-12(5-7-13)10-23-15-14-11-26-18(27-14)16(17(15)25)24-8-2-1-3-9-24/h4-7,14-18,23,25H,1-3,8-11H2. The normalized spacial score (nSPS) is 33.8. The van der Waals surface area contributed by atoms with Gasteiger partial charge in [0.2, 0.25) is 0 Å². The summed E-state index contributed by atoms with van der Waals surface area (Å²) in [5, 5.41) is 14.3. The molecule has 3 saturated heterocycles. The lowest BCUT2D eigenvalue weighted by Crippen LogP contribution is -2.64. The Kier molecular flexibility index (Phi) is 5.80. The van der Waals surface area contributed by atoms with Crippen LogP contribution in [0.2, 0.25) is 0 Å². The van der Waals surface area contributed by atoms with Crippen molar-refractivity contribution in [3.05, 3.63) is 29.8 Å². The summed E-state index contributed by atoms with van der Waals surface area (Å²) >= 11 is 0. The number of hydrogen-bond donors (Lipinski definition) is 2. The van der Waals surface area contributed by atoms with Crippen molar-refractivity contribution in [2.24, 2.45) is 0 Å². The first-order valence-electron chi connectivity index (χ1n) is 9.68. The van der Waals surface area contributed by atoms with Crippen LogP contribution in [0, 0.1) is 0 Å². The van der Waals surface area contributed by atoms with Crippen LogP contribution in [0.1, 0.15) is 24.8 Å². The molecule has 2 bridgehead atoms. The van der Waals surface area contributed by atoms with E-state index in [4.69, 9.17) is 9.47 Å². The Balaban J connectivity index is 1.38. The van der Waals surface area contributed by atoms with Crippen molar-refractivity contribution in [3.63, 3.8) is 0 Å². The highest BCUT2D eigenvalue weighted by atomic mass is 19.4. The Morgan fingerprint density at radius 1 is 1.14 bits per heavy atom. The highest BCUT2D eigenvalue weighted by Crippen LogP contribution is 2.33. The number of likely N-dealkylation sites (tertiary alicyclic amines) is 1. The summed E-state index contributed by atoms with van der Waals surface area (Å²) in [6, 6.07) is 5.18. The van der Waals surface area contributed by atoms with Crippen molar-refractivity contribution in [1.82, 2.24) is 10.2 Å². The molecule has 9 heteroatoms. The van der Waals surface area contributed by atoms with Gasteiger partial charge in [0.15, 0.2) is 6.29 Å². The number of aliphatic hydroxyl groups excluding tert-OH is 1. The molecule has 0 amide bonds. The molecule has 3 heterocycles. The van der Waals surface area contributed by atoms with Gasteiger partial charge in [-0.1, -0.05) is 18.6 Å². The van der Waals surface area contributed by atoms with Gasteiger partial charge < -0.3 is 24.6 Å². The second-order valence-electron chi connectivity index (χ2n) is 7.55. The maximum Gasteiger partial charge on any atom is 0.573 e. The molecule has 6 nitrogen and oxygen atoms in total. The molecule has 3 aliphatic rings. The lowest BCUT2D eigenvalue weighted by Gasteiger charge is -2.45. The minimum absolute atomic E-state index is 0.209. The summed E-state index contributed by atoms with van der Waals surface area (Å²) in [6.07, 6.45) is -2.59. The van der Waals surface area contributed by atoms with E-state index in [0.717, 1.165) is 31.5 Å². The predicted octanol–water partition coefficient (Wildman–Crippen LogP) is 2.01. The zero-order chi connectivity index (χ0) is 19.7. The van der Waals surface area contributed by atoms with E-state index < -0.39 is 18.8 Å². The number of aliphatic hydroxyl groups is 1. The molecular formula is C19H25F3N2O4. The van der Waals surface area contributed by atoms with E-state index in [1.54, 1.807) is 12.1 Å². The molecule has 5 atom stereocenters. The fourth-order valence-electron chi connectivity index (χ4n) is 4.30. The minimum Gasteiger partial charge on any atom is -0.406 e. The molecule has 1 aromatic carbocycles. The minimum atomic E-state index is -4.70. The van der Waals surface area contributed by atoms with Gasteiger partial charge in [0.1, 0.15) is 11.9 Å². The maximum absolute atomic E-state index is 12.3. The summed E-state index contributed by atoms with van der Waals surface area (Å²) in [6.45, 7) is 2.65. The third-order valence-electron chi connectivity index (χ3n) is 5.64. The van der Waals surface area contributed by atoms with Crippen LogP contribution in [-0.4, -0.2) is 66.6 Å². The molecule has 0 aromatic heterocycles. The van der Waals surface area contributed by atoms with Crippen LogP contribution in [0.25, 0.3) is 0 Å². The Bertz CT molecular complexity index is 652. The van der Waals surface area contributed by atoms with Gasteiger partial charge in [0.25, 0.3) is 0 Å². The van der Waals surface area contributed by atoms with E-state index in [9.17, 15) is 18.3 Å². The third kappa shape index (κ3) is 4.44. The van der Waals surface area contributed by atoms with Crippen LogP contribution >= 0.6 is 0 Å². The van der Waals surface area contributed by atoms with Gasteiger partial charge in [0.05, 0.1) is 24.8 Å². The van der Waals surface area contributed by atoms with Gasteiger partial charge in [-0.25, -0.2) is 0 Å². The van der Waals surface area contributed by atoms with Crippen LogP contribution in [0.15, 0.2) is 24.3 Å². The molecule has 2 N–H and O–H groups in total. The van der Waals surface area contributed by atoms with Crippen LogP contribution in [-0.2, 0) is 16.0 Å². The molecule has 3 aliphatic heterocycles. The quantitative estimate of drug-likeness (QED) is 0.786. The largest absolute Gasteiger partial charge is 0.573 e. The smallest absolute Gasteiger partial charge is 0.406 e. The molecule has 156 valence electrons. The maximum atomic E-state index is 12.3. The van der Waals surface area contributed by atoms with Gasteiger partial charge in [-0.15, -0.1) is 13.2 Å². The lowest BCUT2D eigenvalue weighted by molar-refractivity contribution is -0.274. The highest BCUT2D eigenvalue weighted by molar-refractivity contribution is 5.27. The number of fused-ring (bicyclic) bond motifs is 2. The Morgan fingerprint density at radius 3 is 2.54 bits per heavy atom. The van der Waals surface area contributed by atoms with Gasteiger partial charge >= 0.3 is 6.36 Å². The van der Waals surface area contributed by atoms with Crippen molar-refractivity contribution >= 4 is 0 Å². The first-order valence-corrected chi connectivity index (χ1v) is 9.68. The SMILES string of the molecule is OC1C(NCc2ccc(OC(F)(F)F)cc2)C2COC(O2)C1N1CCCCC1. The summed E-state index contributed by atoms with van der Waals surface area (Å²) in [5.41, 5.74) is 0.789. The fourth-order valence-corrected chi connectivity index (χ4v) is 4.30. The van der Waals surface area contributed by atoms with Crippen LogP contribution < -0.4 is 10.1 Å². The number of ether oxygens (including phenoxy) is 3. The summed E-state index contributed by atoms with van der Waals surface area (Å²) in [4.78, 5) is 2.25. The van der Waals surface area contributed by atoms with E-state index >= 15 is 0 Å². The van der Waals surface area contributed by atoms with Crippen molar-refractivity contribution < 1.29 is 32.5 Å². The Morgan fingerprint density at radius 2 is 1.86 bits per heavy atom. The number of hydrogen-bond acceptors (Lipinski definition) is 6. The molecule has 0 aliphatic carbocycles. The Labute approximate surface area is 161 Å². The molecule has 3 fully saturated rings. The van der Waals surface area contributed by atoms with Gasteiger partial charge in [0, 0.05) is 6.54 Å². The zero-order valence-corrected chi connectivity index (χ0v) is 15.4. The number of alkyl halides is 3. The number of nitrogens with zero attached hydrogens (tertiary/aromatic N) is 1. The second kappa shape index (κ2) is 8.16. The first-order chi connectivity index (χ1) is 13.4. The fraction of sp³-hybridized carbons (Fsp3) is 0.684. The van der Waals surface area contributed by atoms with Gasteiger partial charge in [-0.2, -0.15) is 0 Å². The summed E-state index contributed by atoms with van der Waals surface area (Å²) in [7, 11) is 0. The van der Waals surface area contributed by atoms with E-state index in [2.05, 4.69) is 15.0 Å². The number of piperidine rings is 1. The molecular weight excluding hydrogens is 377 g/mol. The van der Waals surface area contributed by atoms with Crippen LogP contribution in [0.4, 0.5) is 13.2 Å². The zero-order valence-electron chi connectivity index (χ0n) is 15.4. The molecule has 1 aromatic rings. The first kappa shape index (κ1) is 19.9. The molecule has 0 radical (unpaired) electrons. The van der Waals surface area contributed by atoms with E-state index in [0.29, 0.717) is 13.2 Å². The monoisotopic (exact) mass is 402 g/mol. The van der Waals surface area contributed by atoms with Crippen molar-refractivity contribution in [2.75, 3.05) is 19.7 Å². The predicted molar refractivity (Wildman–Crippen MR) is 93.6 cm³/mol. The summed E-state index contributed by atoms with van der Waals surface area (Å²) < 4.78 is 52.4. The molecule has 28 heavy (non-hydrogen) atoms. The summed E-state index contributed by atoms with van der Waals surface area (Å²) in [5.74, 6) is -0.255. The molecule has 0 saturated carbocycles. The Hall–Kier alpha value is -1.39. The van der Waals surface area contributed by atoms with Crippen LogP contribution in [0.5, 0.6) is 5.75 Å². The number of halogens is 3. The van der Waals surface area contributed by atoms with E-state index in [1.807, 2.05) is 0 Å². The molecule has 4 rings (SSSR count). The topological polar surface area (TPSA) is 63.2 Å². The van der Waals surface area contributed by atoms with Gasteiger partial charge in [-0.05, 0) is 43.6 Å². The average Bonchev–Trinajstić information content (AvgIpc) is 3.07. The van der Waals surface area contributed by atoms with Crippen molar-refractivity contribution in [2.45, 2.75) is 62.8 Å². The number of nitrogens with one attached hydrogen (secondary N) is 1.